The minimum absolute atomic E-state index is 0.00990. The van der Waals surface area contributed by atoms with Gasteiger partial charge in [-0.1, -0.05) is 10.6 Å². The first-order valence-corrected chi connectivity index (χ1v) is 8.50. The van der Waals surface area contributed by atoms with Gasteiger partial charge in [-0.2, -0.15) is 39.5 Å². The average Bonchev–Trinajstić information content (AvgIpc) is 2.72. The van der Waals surface area contributed by atoms with Gasteiger partial charge in [0.1, 0.15) is 11.6 Å². The van der Waals surface area contributed by atoms with E-state index in [1.165, 1.54) is 24.5 Å². The maximum absolute atomic E-state index is 14.1. The highest BCUT2D eigenvalue weighted by atomic mass is 19.4. The Hall–Kier alpha value is -3.53. The molecule has 186 valence electrons. The average molecular weight is 511 g/mol. The van der Waals surface area contributed by atoms with Crippen LogP contribution in [0.25, 0.3) is 0 Å². The van der Waals surface area contributed by atoms with Gasteiger partial charge in [-0.25, -0.2) is 8.78 Å². The maximum Gasteiger partial charge on any atom is 0.460 e. The highest BCUT2D eigenvalue weighted by Gasteiger charge is 2.82. The monoisotopic (exact) mass is 511 g/mol. The Labute approximate surface area is 181 Å². The van der Waals surface area contributed by atoms with Crippen LogP contribution in [-0.4, -0.2) is 47.8 Å². The molecule has 0 aliphatic carbocycles. The lowest BCUT2D eigenvalue weighted by molar-refractivity contribution is -0.702. The van der Waals surface area contributed by atoms with Gasteiger partial charge in [0.05, 0.1) is 23.5 Å². The number of carbonyl (C=O) groups excluding carboxylic acids is 1. The van der Waals surface area contributed by atoms with Gasteiger partial charge in [0, 0.05) is 16.0 Å². The highest BCUT2D eigenvalue weighted by molar-refractivity contribution is 5.99. The fourth-order valence-corrected chi connectivity index (χ4v) is 2.11. The van der Waals surface area contributed by atoms with Crippen LogP contribution in [0.2, 0.25) is 0 Å². The van der Waals surface area contributed by atoms with Crippen LogP contribution >= 0.6 is 0 Å². The van der Waals surface area contributed by atoms with Crippen molar-refractivity contribution >= 4 is 12.1 Å². The van der Waals surface area contributed by atoms with Crippen molar-refractivity contribution in [1.82, 2.24) is 5.10 Å². The normalized spacial score (nSPS) is 13.3. The predicted molar refractivity (Wildman–Crippen MR) is 88.9 cm³/mol. The van der Waals surface area contributed by atoms with Gasteiger partial charge in [0.25, 0.3) is 0 Å². The topological polar surface area (TPSA) is 67.5 Å². The van der Waals surface area contributed by atoms with Crippen LogP contribution < -0.4 is 10.2 Å². The van der Waals surface area contributed by atoms with Crippen LogP contribution in [0.5, 0.6) is 0 Å². The number of halogens is 11. The van der Waals surface area contributed by atoms with E-state index in [4.69, 9.17) is 0 Å². The largest absolute Gasteiger partial charge is 0.460 e. The van der Waals surface area contributed by atoms with Gasteiger partial charge in [0.15, 0.2) is 6.61 Å². The smallest absolute Gasteiger partial charge is 0.389 e. The summed E-state index contributed by atoms with van der Waals surface area (Å²) in [5.74, 6) is -24.3. The summed E-state index contributed by atoms with van der Waals surface area (Å²) < 4.78 is 143. The Morgan fingerprint density at radius 3 is 2.09 bits per heavy atom. The Morgan fingerprint density at radius 1 is 1.00 bits per heavy atom. The number of hydrogen-bond donors (Lipinski definition) is 1. The highest BCUT2D eigenvalue weighted by Crippen LogP contribution is 2.53. The first-order chi connectivity index (χ1) is 15.5. The summed E-state index contributed by atoms with van der Waals surface area (Å²) in [5, 5.41) is 6.15. The molecule has 1 heterocycles. The molecule has 0 aliphatic rings. The quantitative estimate of drug-likeness (QED) is 0.254. The van der Waals surface area contributed by atoms with E-state index in [-0.39, 0.29) is 6.21 Å². The van der Waals surface area contributed by atoms with Crippen LogP contribution in [0.3, 0.4) is 0 Å². The number of rotatable bonds is 8. The Morgan fingerprint density at radius 2 is 1.59 bits per heavy atom. The van der Waals surface area contributed by atoms with Crippen molar-refractivity contribution in [3.8, 4) is 0 Å². The molecule has 0 atom stereocenters. The molecule has 1 amide bonds. The Kier molecular flexibility index (Phi) is 7.37. The maximum atomic E-state index is 14.1. The molecule has 0 saturated heterocycles. The van der Waals surface area contributed by atoms with E-state index >= 15 is 0 Å². The van der Waals surface area contributed by atoms with Gasteiger partial charge in [-0.05, 0) is 18.2 Å². The van der Waals surface area contributed by atoms with Crippen LogP contribution in [-0.2, 0) is 4.84 Å². The van der Waals surface area contributed by atoms with Crippen LogP contribution in [0.15, 0.2) is 41.8 Å². The lowest BCUT2D eigenvalue weighted by Crippen LogP contribution is -2.62. The second-order valence-corrected chi connectivity index (χ2v) is 6.30. The molecule has 1 N–H and O–H groups in total. The Bertz CT molecular complexity index is 1040. The summed E-state index contributed by atoms with van der Waals surface area (Å²) in [6, 6.07) is 3.86. The molecular weight excluding hydrogens is 501 g/mol. The lowest BCUT2D eigenvalue weighted by Gasteiger charge is -2.32. The summed E-state index contributed by atoms with van der Waals surface area (Å²) in [5.41, 5.74) is 0.385. The standard InChI is InChI=1S/C17H9F11N4O2/c18-11-5-9(13(33)31-32-4-2-1-3-29-32)6-12(19)10(11)7-30-34-8-14(20,21)15(22,23)16(24,25)17(26,27)28/h1-7H,8H2/p+1/b30-7+. The minimum Gasteiger partial charge on any atom is -0.389 e. The second-order valence-electron chi connectivity index (χ2n) is 6.30. The molecule has 2 rings (SSSR count). The van der Waals surface area contributed by atoms with Crippen LogP contribution in [0.4, 0.5) is 48.3 Å². The third-order valence-corrected chi connectivity index (χ3v) is 3.88. The molecule has 1 aromatic carbocycles. The number of hydrogen-bond acceptors (Lipinski definition) is 4. The van der Waals surface area contributed by atoms with Crippen molar-refractivity contribution in [2.24, 2.45) is 5.16 Å². The molecule has 0 saturated carbocycles. The Balaban J connectivity index is 2.12. The second kappa shape index (κ2) is 9.38. The number of alkyl halides is 9. The number of aromatic nitrogens is 2. The van der Waals surface area contributed by atoms with E-state index in [0.717, 1.165) is 4.79 Å². The van der Waals surface area contributed by atoms with E-state index in [0.29, 0.717) is 12.1 Å². The minimum atomic E-state index is -7.13. The third kappa shape index (κ3) is 5.33. The molecule has 0 aliphatic heterocycles. The lowest BCUT2D eigenvalue weighted by atomic mass is 10.1. The van der Waals surface area contributed by atoms with Crippen LogP contribution in [0, 0.1) is 11.6 Å². The molecule has 2 aromatic rings. The molecular formula is C17H10F11N4O2+. The SMILES string of the molecule is O=C(N[n+]1ccccn1)c1cc(F)c(/C=N/OCC(F)(F)C(F)(F)C(F)(F)C(F)(F)F)c(F)c1. The fourth-order valence-electron chi connectivity index (χ4n) is 2.11. The summed E-state index contributed by atoms with van der Waals surface area (Å²) in [6.45, 7) is -2.80. The zero-order valence-corrected chi connectivity index (χ0v) is 16.1. The van der Waals surface area contributed by atoms with Crippen molar-refractivity contribution in [3.05, 3.63) is 59.4 Å². The van der Waals surface area contributed by atoms with E-state index in [9.17, 15) is 53.1 Å². The molecule has 0 spiro atoms. The molecule has 17 heteroatoms. The van der Waals surface area contributed by atoms with Crippen molar-refractivity contribution in [1.29, 1.82) is 0 Å². The van der Waals surface area contributed by atoms with Gasteiger partial charge < -0.3 is 4.84 Å². The zero-order valence-electron chi connectivity index (χ0n) is 16.1. The van der Waals surface area contributed by atoms with Crippen molar-refractivity contribution in [3.63, 3.8) is 0 Å². The van der Waals surface area contributed by atoms with Crippen molar-refractivity contribution < 1.29 is 62.7 Å². The number of nitrogens with one attached hydrogen (secondary N) is 1. The fraction of sp³-hybridized carbons (Fsp3) is 0.294. The molecule has 0 unspecified atom stereocenters. The molecule has 6 nitrogen and oxygen atoms in total. The summed E-state index contributed by atoms with van der Waals surface area (Å²) in [7, 11) is 0. The van der Waals surface area contributed by atoms with E-state index in [2.05, 4.69) is 20.5 Å². The van der Waals surface area contributed by atoms with Gasteiger partial charge in [0.2, 0.25) is 6.20 Å². The number of benzene rings is 1. The first-order valence-electron chi connectivity index (χ1n) is 8.50. The van der Waals surface area contributed by atoms with Crippen LogP contribution in [0.1, 0.15) is 15.9 Å². The van der Waals surface area contributed by atoms with Gasteiger partial charge in [-0.15, -0.1) is 0 Å². The van der Waals surface area contributed by atoms with E-state index < -0.39 is 59.2 Å². The number of nitrogens with zero attached hydrogens (tertiary/aromatic N) is 3. The third-order valence-electron chi connectivity index (χ3n) is 3.88. The number of carbonyl (C=O) groups is 1. The van der Waals surface area contributed by atoms with E-state index in [1.54, 1.807) is 0 Å². The molecule has 1 aromatic heterocycles. The van der Waals surface area contributed by atoms with Crippen molar-refractivity contribution in [2.45, 2.75) is 23.9 Å². The summed E-state index contributed by atoms with van der Waals surface area (Å²) in [6.07, 6.45) is -4.47. The predicted octanol–water partition coefficient (Wildman–Crippen LogP) is 3.85. The van der Waals surface area contributed by atoms with Crippen molar-refractivity contribution in [2.75, 3.05) is 12.0 Å². The summed E-state index contributed by atoms with van der Waals surface area (Å²) >= 11 is 0. The van der Waals surface area contributed by atoms with E-state index in [1.807, 2.05) is 0 Å². The summed E-state index contributed by atoms with van der Waals surface area (Å²) in [4.78, 5) is 16.5. The van der Waals surface area contributed by atoms with Gasteiger partial charge in [-0.3, -0.25) is 4.79 Å². The first kappa shape index (κ1) is 26.7. The number of oxime groups is 1. The molecule has 0 bridgehead atoms. The molecule has 0 fully saturated rings. The molecule has 34 heavy (non-hydrogen) atoms. The molecule has 0 radical (unpaired) electrons. The zero-order chi connectivity index (χ0) is 25.9. The number of amides is 1. The van der Waals surface area contributed by atoms with Gasteiger partial charge >= 0.3 is 29.9 Å².